The smallest absolute Gasteiger partial charge is 0.265 e. The number of nitrogens with one attached hydrogen (secondary N) is 1. The van der Waals surface area contributed by atoms with Gasteiger partial charge in [0.2, 0.25) is 0 Å². The van der Waals surface area contributed by atoms with E-state index in [1.165, 1.54) is 28.2 Å². The third-order valence-electron chi connectivity index (χ3n) is 6.13. The Hall–Kier alpha value is -3.32. The summed E-state index contributed by atoms with van der Waals surface area (Å²) in [6.45, 7) is 5.28. The van der Waals surface area contributed by atoms with Gasteiger partial charge in [-0.25, -0.2) is 13.8 Å². The van der Waals surface area contributed by atoms with Crippen molar-refractivity contribution in [3.8, 4) is 17.0 Å². The molecule has 1 aromatic heterocycles. The van der Waals surface area contributed by atoms with Crippen LogP contribution in [-0.2, 0) is 24.2 Å². The fourth-order valence-corrected chi connectivity index (χ4v) is 4.58. The number of rotatable bonds is 4. The van der Waals surface area contributed by atoms with Crippen LogP contribution in [0.25, 0.3) is 11.3 Å². The van der Waals surface area contributed by atoms with E-state index in [1.54, 1.807) is 12.1 Å². The van der Waals surface area contributed by atoms with Crippen LogP contribution in [0.15, 0.2) is 42.5 Å². The summed E-state index contributed by atoms with van der Waals surface area (Å²) in [6, 6.07) is 12.0. The number of hydrogen-bond donors (Lipinski definition) is 1. The van der Waals surface area contributed by atoms with E-state index in [0.717, 1.165) is 25.1 Å². The average Bonchev–Trinajstić information content (AvgIpc) is 2.79. The second-order valence-corrected chi connectivity index (χ2v) is 8.79. The summed E-state index contributed by atoms with van der Waals surface area (Å²) in [5.74, 6) is -1.45. The zero-order chi connectivity index (χ0) is 23.1. The Kier molecular flexibility index (Phi) is 5.58. The van der Waals surface area contributed by atoms with E-state index in [0.29, 0.717) is 17.8 Å². The van der Waals surface area contributed by atoms with Crippen LogP contribution in [0.5, 0.6) is 5.75 Å². The molecule has 170 valence electrons. The fourth-order valence-electron chi connectivity index (χ4n) is 4.58. The third kappa shape index (κ3) is 4.09. The molecule has 3 aromatic rings. The van der Waals surface area contributed by atoms with E-state index in [9.17, 15) is 13.6 Å². The molecule has 0 aliphatic carbocycles. The Balaban J connectivity index is 1.51. The van der Waals surface area contributed by atoms with Crippen LogP contribution in [0.2, 0.25) is 0 Å². The van der Waals surface area contributed by atoms with Gasteiger partial charge in [-0.1, -0.05) is 18.2 Å². The molecule has 33 heavy (non-hydrogen) atoms. The number of aromatic nitrogens is 1. The number of pyridine rings is 1. The molecule has 0 fully saturated rings. The number of fused-ring (bicyclic) bond motifs is 2. The van der Waals surface area contributed by atoms with E-state index >= 15 is 0 Å². The van der Waals surface area contributed by atoms with Crippen molar-refractivity contribution >= 4 is 11.6 Å². The monoisotopic (exact) mass is 449 g/mol. The first kappa shape index (κ1) is 21.5. The van der Waals surface area contributed by atoms with E-state index in [4.69, 9.17) is 4.74 Å². The number of anilines is 1. The molecule has 7 heteroatoms. The van der Waals surface area contributed by atoms with Gasteiger partial charge in [-0.2, -0.15) is 0 Å². The summed E-state index contributed by atoms with van der Waals surface area (Å²) >= 11 is 0. The quantitative estimate of drug-likeness (QED) is 0.642. The molecule has 2 aliphatic rings. The molecular weight excluding hydrogens is 424 g/mol. The number of carbonyl (C=O) groups is 1. The SMILES string of the molecule is CC(C)N1C(=O)COc2c(F)cc(-c3nc(Cc4ccc5c(c4)CNCC5)ccc3F)cc21. The highest BCUT2D eigenvalue weighted by Gasteiger charge is 2.31. The second kappa shape index (κ2) is 8.56. The minimum atomic E-state index is -0.644. The van der Waals surface area contributed by atoms with Gasteiger partial charge in [0.1, 0.15) is 11.5 Å². The molecule has 3 heterocycles. The predicted octanol–water partition coefficient (Wildman–Crippen LogP) is 4.40. The molecule has 1 N–H and O–H groups in total. The summed E-state index contributed by atoms with van der Waals surface area (Å²) in [6.07, 6.45) is 1.55. The average molecular weight is 450 g/mol. The lowest BCUT2D eigenvalue weighted by molar-refractivity contribution is -0.121. The van der Waals surface area contributed by atoms with Crippen molar-refractivity contribution in [1.82, 2.24) is 10.3 Å². The van der Waals surface area contributed by atoms with Crippen molar-refractivity contribution in [3.63, 3.8) is 0 Å². The number of ether oxygens (including phenoxy) is 1. The third-order valence-corrected chi connectivity index (χ3v) is 6.13. The Morgan fingerprint density at radius 3 is 2.76 bits per heavy atom. The van der Waals surface area contributed by atoms with Gasteiger partial charge in [0.15, 0.2) is 18.2 Å². The first-order valence-corrected chi connectivity index (χ1v) is 11.2. The lowest BCUT2D eigenvalue weighted by Gasteiger charge is -2.33. The van der Waals surface area contributed by atoms with Crippen LogP contribution in [-0.4, -0.2) is 30.1 Å². The van der Waals surface area contributed by atoms with Crippen LogP contribution < -0.4 is 15.0 Å². The van der Waals surface area contributed by atoms with Crippen LogP contribution in [0.4, 0.5) is 14.5 Å². The number of benzene rings is 2. The molecule has 1 amide bonds. The molecule has 0 radical (unpaired) electrons. The van der Waals surface area contributed by atoms with Crippen molar-refractivity contribution in [2.75, 3.05) is 18.1 Å². The first-order chi connectivity index (χ1) is 15.9. The van der Waals surface area contributed by atoms with Crippen LogP contribution in [0, 0.1) is 11.6 Å². The highest BCUT2D eigenvalue weighted by Crippen LogP contribution is 2.39. The lowest BCUT2D eigenvalue weighted by atomic mass is 9.96. The summed E-state index contributed by atoms with van der Waals surface area (Å²) < 4.78 is 35.0. The number of halogens is 2. The molecule has 0 unspecified atom stereocenters. The van der Waals surface area contributed by atoms with Gasteiger partial charge in [-0.05, 0) is 67.8 Å². The minimum Gasteiger partial charge on any atom is -0.478 e. The zero-order valence-corrected chi connectivity index (χ0v) is 18.6. The topological polar surface area (TPSA) is 54.5 Å². The number of hydrogen-bond acceptors (Lipinski definition) is 4. The standard InChI is InChI=1S/C26H25F2N3O2/c1-15(2)31-23-12-18(11-22(28)26(23)33-14-24(31)32)25-21(27)6-5-20(30-25)10-16-3-4-17-7-8-29-13-19(17)9-16/h3-6,9,11-12,15,29H,7-8,10,13-14H2,1-2H3. The number of nitrogens with zero attached hydrogens (tertiary/aromatic N) is 2. The molecule has 0 spiro atoms. The van der Waals surface area contributed by atoms with Gasteiger partial charge in [0.25, 0.3) is 5.91 Å². The van der Waals surface area contributed by atoms with Crippen molar-refractivity contribution in [2.24, 2.45) is 0 Å². The van der Waals surface area contributed by atoms with Crippen LogP contribution >= 0.6 is 0 Å². The number of carbonyl (C=O) groups excluding carboxylic acids is 1. The maximum Gasteiger partial charge on any atom is 0.265 e. The normalized spacial score (nSPS) is 15.3. The van der Waals surface area contributed by atoms with Gasteiger partial charge in [0.05, 0.1) is 5.69 Å². The molecule has 0 saturated carbocycles. The Morgan fingerprint density at radius 2 is 1.94 bits per heavy atom. The Labute approximate surface area is 191 Å². The number of amides is 1. The van der Waals surface area contributed by atoms with Gasteiger partial charge >= 0.3 is 0 Å². The summed E-state index contributed by atoms with van der Waals surface area (Å²) in [5.41, 5.74) is 5.01. The van der Waals surface area contributed by atoms with Crippen molar-refractivity contribution in [1.29, 1.82) is 0 Å². The van der Waals surface area contributed by atoms with Crippen molar-refractivity contribution < 1.29 is 18.3 Å². The molecular formula is C26H25F2N3O2. The summed E-state index contributed by atoms with van der Waals surface area (Å²) in [4.78, 5) is 18.4. The van der Waals surface area contributed by atoms with Gasteiger partial charge in [-0.15, -0.1) is 0 Å². The van der Waals surface area contributed by atoms with E-state index in [-0.39, 0.29) is 35.6 Å². The first-order valence-electron chi connectivity index (χ1n) is 11.2. The Bertz CT molecular complexity index is 1240. The fraction of sp³-hybridized carbons (Fsp3) is 0.308. The highest BCUT2D eigenvalue weighted by molar-refractivity contribution is 5.99. The molecule has 5 nitrogen and oxygen atoms in total. The van der Waals surface area contributed by atoms with Gasteiger partial charge in [0, 0.05) is 30.3 Å². The minimum absolute atomic E-state index is 0.00582. The maximum atomic E-state index is 14.9. The van der Waals surface area contributed by atoms with Crippen LogP contribution in [0.3, 0.4) is 0 Å². The Morgan fingerprint density at radius 1 is 1.09 bits per heavy atom. The molecule has 0 atom stereocenters. The molecule has 2 aromatic carbocycles. The lowest BCUT2D eigenvalue weighted by Crippen LogP contribution is -2.43. The molecule has 0 saturated heterocycles. The van der Waals surface area contributed by atoms with E-state index in [2.05, 4.69) is 28.5 Å². The summed E-state index contributed by atoms with van der Waals surface area (Å²) in [5, 5.41) is 3.38. The van der Waals surface area contributed by atoms with E-state index in [1.807, 2.05) is 13.8 Å². The van der Waals surface area contributed by atoms with E-state index < -0.39 is 11.6 Å². The zero-order valence-electron chi connectivity index (χ0n) is 18.6. The predicted molar refractivity (Wildman–Crippen MR) is 122 cm³/mol. The van der Waals surface area contributed by atoms with Gasteiger partial charge < -0.3 is 15.0 Å². The van der Waals surface area contributed by atoms with Crippen molar-refractivity contribution in [3.05, 3.63) is 76.5 Å². The largest absolute Gasteiger partial charge is 0.478 e. The molecule has 2 aliphatic heterocycles. The maximum absolute atomic E-state index is 14.9. The molecule has 5 rings (SSSR count). The second-order valence-electron chi connectivity index (χ2n) is 8.79. The molecule has 0 bridgehead atoms. The van der Waals surface area contributed by atoms with Crippen molar-refractivity contribution in [2.45, 2.75) is 39.3 Å². The highest BCUT2D eigenvalue weighted by atomic mass is 19.1. The van der Waals surface area contributed by atoms with Gasteiger partial charge in [-0.3, -0.25) is 4.79 Å². The van der Waals surface area contributed by atoms with Crippen LogP contribution in [0.1, 0.15) is 36.2 Å². The summed E-state index contributed by atoms with van der Waals surface area (Å²) in [7, 11) is 0.